The molecule has 0 fully saturated rings. The number of phenols is 1. The normalized spacial score (nSPS) is 15.2. The summed E-state index contributed by atoms with van der Waals surface area (Å²) < 4.78 is 6.13. The summed E-state index contributed by atoms with van der Waals surface area (Å²) in [5, 5.41) is 22.8. The second kappa shape index (κ2) is 7.21. The molecule has 0 amide bonds. The van der Waals surface area contributed by atoms with Crippen LogP contribution in [0, 0.1) is 0 Å². The van der Waals surface area contributed by atoms with E-state index in [1.54, 1.807) is 23.9 Å². The van der Waals surface area contributed by atoms with E-state index in [0.29, 0.717) is 22.3 Å². The van der Waals surface area contributed by atoms with Crippen LogP contribution in [0.15, 0.2) is 53.7 Å². The third-order valence-corrected chi connectivity index (χ3v) is 5.03. The van der Waals surface area contributed by atoms with Gasteiger partial charge in [-0.3, -0.25) is 0 Å². The zero-order valence-electron chi connectivity index (χ0n) is 14.2. The molecule has 2 aromatic carbocycles. The minimum atomic E-state index is -0.584. The minimum absolute atomic E-state index is 0.161. The summed E-state index contributed by atoms with van der Waals surface area (Å²) in [4.78, 5) is 4.56. The Hall–Kier alpha value is -2.80. The molecule has 2 N–H and O–H groups in total. The number of ether oxygens (including phenoxy) is 1. The lowest BCUT2D eigenvalue weighted by atomic mass is 10.1. The SMILES string of the molecule is CCCSc1nnc2c(n1)OC(c1ccccc1O)Nc1ccccc1-2. The van der Waals surface area contributed by atoms with Gasteiger partial charge in [0.05, 0.1) is 5.56 Å². The number of hydrogen-bond acceptors (Lipinski definition) is 7. The van der Waals surface area contributed by atoms with Gasteiger partial charge in [-0.25, -0.2) is 0 Å². The van der Waals surface area contributed by atoms with Gasteiger partial charge in [0.25, 0.3) is 0 Å². The summed E-state index contributed by atoms with van der Waals surface area (Å²) in [5.41, 5.74) is 2.94. The van der Waals surface area contributed by atoms with Gasteiger partial charge < -0.3 is 15.2 Å². The highest BCUT2D eigenvalue weighted by atomic mass is 32.2. The van der Waals surface area contributed by atoms with Crippen molar-refractivity contribution in [3.63, 3.8) is 0 Å². The number of nitrogens with one attached hydrogen (secondary N) is 1. The molecule has 3 aromatic rings. The summed E-state index contributed by atoms with van der Waals surface area (Å²) >= 11 is 1.55. The summed E-state index contributed by atoms with van der Waals surface area (Å²) in [6.07, 6.45) is 0.441. The Bertz CT molecular complexity index is 935. The van der Waals surface area contributed by atoms with Gasteiger partial charge in [-0.1, -0.05) is 49.0 Å². The number of hydrogen-bond donors (Lipinski definition) is 2. The van der Waals surface area contributed by atoms with Crippen molar-refractivity contribution in [2.45, 2.75) is 24.7 Å². The molecule has 1 aromatic heterocycles. The van der Waals surface area contributed by atoms with Crippen molar-refractivity contribution in [2.24, 2.45) is 0 Å². The molecule has 1 aliphatic heterocycles. The van der Waals surface area contributed by atoms with E-state index in [1.165, 1.54) is 0 Å². The molecule has 132 valence electrons. The van der Waals surface area contributed by atoms with Gasteiger partial charge in [-0.05, 0) is 24.6 Å². The van der Waals surface area contributed by atoms with E-state index >= 15 is 0 Å². The molecule has 2 heterocycles. The van der Waals surface area contributed by atoms with Gasteiger partial charge in [0.1, 0.15) is 5.75 Å². The van der Waals surface area contributed by atoms with Crippen LogP contribution in [0.3, 0.4) is 0 Å². The van der Waals surface area contributed by atoms with E-state index in [-0.39, 0.29) is 5.75 Å². The number of nitrogens with zero attached hydrogens (tertiary/aromatic N) is 3. The smallest absolute Gasteiger partial charge is 0.247 e. The van der Waals surface area contributed by atoms with Gasteiger partial charge in [0.15, 0.2) is 5.69 Å². The van der Waals surface area contributed by atoms with Gasteiger partial charge in [-0.15, -0.1) is 10.2 Å². The average molecular weight is 366 g/mol. The van der Waals surface area contributed by atoms with Crippen molar-refractivity contribution in [1.29, 1.82) is 0 Å². The zero-order valence-corrected chi connectivity index (χ0v) is 15.0. The third kappa shape index (κ3) is 3.17. The summed E-state index contributed by atoms with van der Waals surface area (Å²) in [6, 6.07) is 14.9. The first-order valence-electron chi connectivity index (χ1n) is 8.44. The average Bonchev–Trinajstić information content (AvgIpc) is 2.83. The lowest BCUT2D eigenvalue weighted by molar-refractivity contribution is 0.220. The molecule has 0 saturated heterocycles. The van der Waals surface area contributed by atoms with E-state index in [1.807, 2.05) is 36.4 Å². The highest BCUT2D eigenvalue weighted by Crippen LogP contribution is 2.40. The van der Waals surface area contributed by atoms with Crippen LogP contribution in [0.2, 0.25) is 0 Å². The predicted octanol–water partition coefficient (Wildman–Crippen LogP) is 4.25. The fraction of sp³-hybridized carbons (Fsp3) is 0.211. The Morgan fingerprint density at radius 3 is 2.77 bits per heavy atom. The van der Waals surface area contributed by atoms with Crippen LogP contribution in [0.25, 0.3) is 11.3 Å². The summed E-state index contributed by atoms with van der Waals surface area (Å²) in [5.74, 6) is 1.48. The molecule has 1 unspecified atom stereocenters. The van der Waals surface area contributed by atoms with Gasteiger partial charge in [0, 0.05) is 17.0 Å². The van der Waals surface area contributed by atoms with Crippen molar-refractivity contribution < 1.29 is 9.84 Å². The molecule has 0 radical (unpaired) electrons. The van der Waals surface area contributed by atoms with Crippen LogP contribution >= 0.6 is 11.8 Å². The van der Waals surface area contributed by atoms with Crippen molar-refractivity contribution in [2.75, 3.05) is 11.1 Å². The van der Waals surface area contributed by atoms with Gasteiger partial charge in [0.2, 0.25) is 17.3 Å². The second-order valence-electron chi connectivity index (χ2n) is 5.84. The van der Waals surface area contributed by atoms with Crippen LogP contribution in [0.1, 0.15) is 25.1 Å². The molecule has 1 aliphatic rings. The standard InChI is InChI=1S/C19H18N4O2S/c1-2-11-26-19-21-18-16(22-23-19)12-7-3-5-9-14(12)20-17(25-18)13-8-4-6-10-15(13)24/h3-10,17,20,24H,2,11H2,1H3. The third-order valence-electron chi connectivity index (χ3n) is 3.99. The molecular formula is C19H18N4O2S. The summed E-state index contributed by atoms with van der Waals surface area (Å²) in [7, 11) is 0. The molecule has 0 spiro atoms. The lowest BCUT2D eigenvalue weighted by Crippen LogP contribution is -2.17. The molecule has 7 heteroatoms. The number of aromatic hydroxyl groups is 1. The van der Waals surface area contributed by atoms with Gasteiger partial charge in [-0.2, -0.15) is 4.98 Å². The first-order valence-corrected chi connectivity index (χ1v) is 9.43. The molecule has 26 heavy (non-hydrogen) atoms. The topological polar surface area (TPSA) is 80.2 Å². The molecule has 4 rings (SSSR count). The number of anilines is 1. The van der Waals surface area contributed by atoms with Crippen LogP contribution < -0.4 is 10.1 Å². The largest absolute Gasteiger partial charge is 0.507 e. The number of phenolic OH excluding ortho intramolecular Hbond substituents is 1. The zero-order chi connectivity index (χ0) is 17.9. The quantitative estimate of drug-likeness (QED) is 0.668. The highest BCUT2D eigenvalue weighted by molar-refractivity contribution is 7.99. The first kappa shape index (κ1) is 16.7. The number of para-hydroxylation sites is 2. The van der Waals surface area contributed by atoms with E-state index < -0.39 is 6.23 Å². The van der Waals surface area contributed by atoms with Crippen LogP contribution in [0.5, 0.6) is 11.6 Å². The van der Waals surface area contributed by atoms with Crippen LogP contribution in [-0.2, 0) is 0 Å². The summed E-state index contributed by atoms with van der Waals surface area (Å²) in [6.45, 7) is 2.11. The fourth-order valence-corrected chi connectivity index (χ4v) is 3.38. The maximum atomic E-state index is 10.2. The maximum Gasteiger partial charge on any atom is 0.247 e. The lowest BCUT2D eigenvalue weighted by Gasteiger charge is -2.20. The number of thioether (sulfide) groups is 1. The van der Waals surface area contributed by atoms with Gasteiger partial charge >= 0.3 is 0 Å². The molecular weight excluding hydrogens is 348 g/mol. The molecule has 6 nitrogen and oxygen atoms in total. The molecule has 0 aliphatic carbocycles. The second-order valence-corrected chi connectivity index (χ2v) is 6.91. The van der Waals surface area contributed by atoms with E-state index in [0.717, 1.165) is 23.4 Å². The Labute approximate surface area is 155 Å². The van der Waals surface area contributed by atoms with E-state index in [2.05, 4.69) is 27.4 Å². The Morgan fingerprint density at radius 2 is 1.92 bits per heavy atom. The molecule has 0 saturated carbocycles. The molecule has 1 atom stereocenters. The van der Waals surface area contributed by atoms with E-state index in [4.69, 9.17) is 4.74 Å². The minimum Gasteiger partial charge on any atom is -0.507 e. The van der Waals surface area contributed by atoms with Crippen molar-refractivity contribution in [3.8, 4) is 22.9 Å². The number of aromatic nitrogens is 3. The van der Waals surface area contributed by atoms with E-state index in [9.17, 15) is 5.11 Å². The number of rotatable bonds is 4. The monoisotopic (exact) mass is 366 g/mol. The van der Waals surface area contributed by atoms with Crippen molar-refractivity contribution in [3.05, 3.63) is 54.1 Å². The van der Waals surface area contributed by atoms with Crippen LogP contribution in [-0.4, -0.2) is 26.0 Å². The predicted molar refractivity (Wildman–Crippen MR) is 101 cm³/mol. The number of fused-ring (bicyclic) bond motifs is 3. The fourth-order valence-electron chi connectivity index (χ4n) is 2.75. The first-order chi connectivity index (χ1) is 12.8. The van der Waals surface area contributed by atoms with Crippen LogP contribution in [0.4, 0.5) is 5.69 Å². The Morgan fingerprint density at radius 1 is 1.12 bits per heavy atom. The molecule has 0 bridgehead atoms. The van der Waals surface area contributed by atoms with Crippen molar-refractivity contribution in [1.82, 2.24) is 15.2 Å². The number of benzene rings is 2. The highest BCUT2D eigenvalue weighted by Gasteiger charge is 2.27. The Kier molecular flexibility index (Phi) is 4.62. The maximum absolute atomic E-state index is 10.2. The van der Waals surface area contributed by atoms with Crippen molar-refractivity contribution >= 4 is 17.4 Å². The Balaban J connectivity index is 1.81.